The molecule has 0 aliphatic carbocycles. The smallest absolute Gasteiger partial charge is 0.276 e. The molecule has 2 N–H and O–H groups in total. The summed E-state index contributed by atoms with van der Waals surface area (Å²) in [6, 6.07) is 9.70. The van der Waals surface area contributed by atoms with Gasteiger partial charge in [0.15, 0.2) is 18.2 Å². The number of carbonyl (C=O) groups excluding carboxylic acids is 2. The van der Waals surface area contributed by atoms with Crippen LogP contribution < -0.4 is 15.6 Å². The molecule has 0 saturated carbocycles. The summed E-state index contributed by atoms with van der Waals surface area (Å²) < 4.78 is 31.8. The fourth-order valence-corrected chi connectivity index (χ4v) is 1.97. The van der Waals surface area contributed by atoms with Gasteiger partial charge in [0.2, 0.25) is 0 Å². The van der Waals surface area contributed by atoms with Crippen LogP contribution in [-0.4, -0.2) is 18.4 Å². The number of ether oxygens (including phenoxy) is 1. The van der Waals surface area contributed by atoms with Crippen molar-refractivity contribution in [3.8, 4) is 5.75 Å². The van der Waals surface area contributed by atoms with Crippen LogP contribution in [0.25, 0.3) is 6.08 Å². The average molecular weight is 367 g/mol. The van der Waals surface area contributed by atoms with E-state index < -0.39 is 30.1 Å². The standard InChI is InChI=1S/C17H13ClF2N2O3/c18-12-4-3-6-13(19)11(12)8-9-16(23)21-22-17(24)10-25-15-7-2-1-5-14(15)20/h1-9H,10H2,(H,21,23)(H,22,24)/b9-8+. The van der Waals surface area contributed by atoms with Crippen molar-refractivity contribution >= 4 is 29.5 Å². The van der Waals surface area contributed by atoms with Crippen molar-refractivity contribution in [2.45, 2.75) is 0 Å². The van der Waals surface area contributed by atoms with Crippen molar-refractivity contribution in [1.82, 2.24) is 10.9 Å². The zero-order valence-corrected chi connectivity index (χ0v) is 13.5. The van der Waals surface area contributed by atoms with Crippen molar-refractivity contribution in [3.05, 3.63) is 70.8 Å². The lowest BCUT2D eigenvalue weighted by molar-refractivity contribution is -0.128. The van der Waals surface area contributed by atoms with E-state index in [2.05, 4.69) is 10.9 Å². The highest BCUT2D eigenvalue weighted by atomic mass is 35.5. The quantitative estimate of drug-likeness (QED) is 0.631. The molecule has 130 valence electrons. The van der Waals surface area contributed by atoms with Crippen LogP contribution in [0.15, 0.2) is 48.5 Å². The van der Waals surface area contributed by atoms with Gasteiger partial charge in [-0.3, -0.25) is 20.4 Å². The average Bonchev–Trinajstić information content (AvgIpc) is 2.59. The Labute approximate surface area is 147 Å². The number of nitrogens with one attached hydrogen (secondary N) is 2. The highest BCUT2D eigenvalue weighted by Gasteiger charge is 2.07. The van der Waals surface area contributed by atoms with Crippen LogP contribution in [0.5, 0.6) is 5.75 Å². The monoisotopic (exact) mass is 366 g/mol. The minimum Gasteiger partial charge on any atom is -0.481 e. The van der Waals surface area contributed by atoms with E-state index in [1.807, 2.05) is 0 Å². The van der Waals surface area contributed by atoms with Crippen LogP contribution in [0.4, 0.5) is 8.78 Å². The highest BCUT2D eigenvalue weighted by molar-refractivity contribution is 6.32. The lowest BCUT2D eigenvalue weighted by atomic mass is 10.2. The van der Waals surface area contributed by atoms with Crippen LogP contribution in [0.3, 0.4) is 0 Å². The topological polar surface area (TPSA) is 67.4 Å². The number of halogens is 3. The Kier molecular flexibility index (Phi) is 6.47. The van der Waals surface area contributed by atoms with Gasteiger partial charge in [0.05, 0.1) is 5.02 Å². The fraction of sp³-hybridized carbons (Fsp3) is 0.0588. The van der Waals surface area contributed by atoms with Gasteiger partial charge >= 0.3 is 0 Å². The lowest BCUT2D eigenvalue weighted by Crippen LogP contribution is -2.43. The first-order valence-corrected chi connectivity index (χ1v) is 7.43. The van der Waals surface area contributed by atoms with E-state index in [-0.39, 0.29) is 16.3 Å². The first kappa shape index (κ1) is 18.4. The molecule has 0 aliphatic heterocycles. The van der Waals surface area contributed by atoms with Gasteiger partial charge < -0.3 is 4.74 Å². The molecule has 0 atom stereocenters. The molecular weight excluding hydrogens is 354 g/mol. The normalized spacial score (nSPS) is 10.5. The van der Waals surface area contributed by atoms with Crippen molar-refractivity contribution in [2.24, 2.45) is 0 Å². The van der Waals surface area contributed by atoms with Gasteiger partial charge in [-0.05, 0) is 30.3 Å². The van der Waals surface area contributed by atoms with Crippen LogP contribution in [0.1, 0.15) is 5.56 Å². The molecule has 0 aliphatic rings. The number of hydrazine groups is 1. The van der Waals surface area contributed by atoms with Gasteiger partial charge in [-0.1, -0.05) is 29.8 Å². The molecule has 5 nitrogen and oxygen atoms in total. The maximum atomic E-state index is 13.5. The molecular formula is C17H13ClF2N2O3. The van der Waals surface area contributed by atoms with Crippen molar-refractivity contribution in [1.29, 1.82) is 0 Å². The van der Waals surface area contributed by atoms with Gasteiger partial charge in [0.25, 0.3) is 11.8 Å². The molecule has 0 spiro atoms. The third kappa shape index (κ3) is 5.58. The Morgan fingerprint density at radius 1 is 1.04 bits per heavy atom. The largest absolute Gasteiger partial charge is 0.481 e. The summed E-state index contributed by atoms with van der Waals surface area (Å²) in [5.74, 6) is -2.69. The highest BCUT2D eigenvalue weighted by Crippen LogP contribution is 2.20. The Balaban J connectivity index is 1.80. The molecule has 2 aromatic rings. The predicted octanol–water partition coefficient (Wildman–Crippen LogP) is 2.86. The minimum absolute atomic E-state index is 0.0496. The first-order valence-electron chi connectivity index (χ1n) is 7.05. The molecule has 0 aromatic heterocycles. The summed E-state index contributed by atoms with van der Waals surface area (Å²) in [6.45, 7) is -0.496. The molecule has 8 heteroatoms. The molecule has 0 saturated heterocycles. The van der Waals surface area contributed by atoms with Crippen molar-refractivity contribution in [2.75, 3.05) is 6.61 Å². The second kappa shape index (κ2) is 8.79. The third-order valence-corrected chi connectivity index (χ3v) is 3.25. The SMILES string of the molecule is O=C(/C=C/c1c(F)cccc1Cl)NNC(=O)COc1ccccc1F. The molecule has 0 bridgehead atoms. The summed E-state index contributed by atoms with van der Waals surface area (Å²) >= 11 is 5.81. The van der Waals surface area contributed by atoms with E-state index in [4.69, 9.17) is 16.3 Å². The number of amides is 2. The molecule has 0 unspecified atom stereocenters. The van der Waals surface area contributed by atoms with E-state index in [0.717, 1.165) is 6.08 Å². The van der Waals surface area contributed by atoms with E-state index in [1.54, 1.807) is 6.07 Å². The Morgan fingerprint density at radius 2 is 1.76 bits per heavy atom. The summed E-state index contributed by atoms with van der Waals surface area (Å²) in [4.78, 5) is 23.1. The molecule has 0 radical (unpaired) electrons. The van der Waals surface area contributed by atoms with Crippen LogP contribution in [-0.2, 0) is 9.59 Å². The van der Waals surface area contributed by atoms with E-state index >= 15 is 0 Å². The third-order valence-electron chi connectivity index (χ3n) is 2.92. The second-order valence-electron chi connectivity index (χ2n) is 4.73. The molecule has 0 heterocycles. The molecule has 25 heavy (non-hydrogen) atoms. The summed E-state index contributed by atoms with van der Waals surface area (Å²) in [5, 5.41) is 0.145. The first-order chi connectivity index (χ1) is 12.0. The molecule has 2 amide bonds. The van der Waals surface area contributed by atoms with Crippen LogP contribution in [0.2, 0.25) is 5.02 Å². The molecule has 2 rings (SSSR count). The number of benzene rings is 2. The molecule has 2 aromatic carbocycles. The maximum absolute atomic E-state index is 13.5. The second-order valence-corrected chi connectivity index (χ2v) is 5.13. The van der Waals surface area contributed by atoms with Crippen molar-refractivity contribution < 1.29 is 23.1 Å². The van der Waals surface area contributed by atoms with Gasteiger partial charge in [-0.15, -0.1) is 0 Å². The number of para-hydroxylation sites is 1. The number of rotatable bonds is 5. The van der Waals surface area contributed by atoms with Gasteiger partial charge in [0, 0.05) is 11.6 Å². The zero-order chi connectivity index (χ0) is 18.2. The lowest BCUT2D eigenvalue weighted by Gasteiger charge is -2.08. The maximum Gasteiger partial charge on any atom is 0.276 e. The van der Waals surface area contributed by atoms with Gasteiger partial charge in [-0.25, -0.2) is 8.78 Å². The Hall–Kier alpha value is -2.93. The Bertz CT molecular complexity index is 792. The number of carbonyl (C=O) groups is 2. The van der Waals surface area contributed by atoms with Gasteiger partial charge in [0.1, 0.15) is 5.82 Å². The summed E-state index contributed by atoms with van der Waals surface area (Å²) in [5.41, 5.74) is 4.20. The van der Waals surface area contributed by atoms with E-state index in [0.29, 0.717) is 0 Å². The predicted molar refractivity (Wildman–Crippen MR) is 88.6 cm³/mol. The zero-order valence-electron chi connectivity index (χ0n) is 12.8. The summed E-state index contributed by atoms with van der Waals surface area (Å²) in [6.07, 6.45) is 2.18. The van der Waals surface area contributed by atoms with Gasteiger partial charge in [-0.2, -0.15) is 0 Å². The Morgan fingerprint density at radius 3 is 2.48 bits per heavy atom. The fourth-order valence-electron chi connectivity index (χ4n) is 1.74. The van der Waals surface area contributed by atoms with E-state index in [9.17, 15) is 18.4 Å². The van der Waals surface area contributed by atoms with Crippen molar-refractivity contribution in [3.63, 3.8) is 0 Å². The van der Waals surface area contributed by atoms with Crippen LogP contribution in [0, 0.1) is 11.6 Å². The van der Waals surface area contributed by atoms with E-state index in [1.165, 1.54) is 42.5 Å². The molecule has 0 fully saturated rings. The minimum atomic E-state index is -0.710. The number of hydrogen-bond acceptors (Lipinski definition) is 3. The van der Waals surface area contributed by atoms with Crippen LogP contribution >= 0.6 is 11.6 Å². The summed E-state index contributed by atoms with van der Waals surface area (Å²) in [7, 11) is 0. The number of hydrogen-bond donors (Lipinski definition) is 2.